The van der Waals surface area contributed by atoms with E-state index < -0.39 is 6.29 Å². The first-order valence-electron chi connectivity index (χ1n) is 3.71. The fourth-order valence-corrected chi connectivity index (χ4v) is 1.45. The molecule has 1 N–H and O–H groups in total. The number of aliphatic hydroxyl groups is 1. The van der Waals surface area contributed by atoms with Gasteiger partial charge in [0.2, 0.25) is 0 Å². The maximum atomic E-state index is 9.33. The van der Waals surface area contributed by atoms with Crippen LogP contribution in [0.1, 0.15) is 30.4 Å². The highest BCUT2D eigenvalue weighted by Crippen LogP contribution is 2.36. The summed E-state index contributed by atoms with van der Waals surface area (Å²) < 4.78 is 5.19. The standard InChI is InChI=1S/C9H10O2/c1-6-7-4-2-3-5-8(7)9(10)11-6/h2-6,9-10H,1H3/t6-,9+/m1/s1. The Morgan fingerprint density at radius 2 is 1.91 bits per heavy atom. The molecule has 1 aliphatic heterocycles. The second-order valence-corrected chi connectivity index (χ2v) is 2.76. The molecule has 0 bridgehead atoms. The minimum Gasteiger partial charge on any atom is -0.364 e. The van der Waals surface area contributed by atoms with Crippen LogP contribution in [0, 0.1) is 0 Å². The van der Waals surface area contributed by atoms with Crippen molar-refractivity contribution in [2.24, 2.45) is 0 Å². The van der Waals surface area contributed by atoms with E-state index in [9.17, 15) is 5.11 Å². The van der Waals surface area contributed by atoms with Crippen molar-refractivity contribution in [1.82, 2.24) is 0 Å². The summed E-state index contributed by atoms with van der Waals surface area (Å²) in [6.07, 6.45) is -0.692. The summed E-state index contributed by atoms with van der Waals surface area (Å²) in [6.45, 7) is 1.94. The Morgan fingerprint density at radius 3 is 2.55 bits per heavy atom. The number of fused-ring (bicyclic) bond motifs is 1. The van der Waals surface area contributed by atoms with E-state index in [4.69, 9.17) is 4.74 Å². The summed E-state index contributed by atoms with van der Waals surface area (Å²) in [7, 11) is 0. The van der Waals surface area contributed by atoms with Gasteiger partial charge in [0.15, 0.2) is 6.29 Å². The predicted molar refractivity (Wildman–Crippen MR) is 40.9 cm³/mol. The van der Waals surface area contributed by atoms with Gasteiger partial charge in [0.05, 0.1) is 6.10 Å². The normalized spacial score (nSPS) is 28.5. The van der Waals surface area contributed by atoms with Crippen molar-refractivity contribution in [3.05, 3.63) is 35.4 Å². The number of hydrogen-bond acceptors (Lipinski definition) is 2. The number of aliphatic hydroxyl groups excluding tert-OH is 1. The summed E-state index contributed by atoms with van der Waals surface area (Å²) in [4.78, 5) is 0. The monoisotopic (exact) mass is 150 g/mol. The van der Waals surface area contributed by atoms with Crippen LogP contribution in [-0.2, 0) is 4.74 Å². The van der Waals surface area contributed by atoms with Gasteiger partial charge in [-0.2, -0.15) is 0 Å². The van der Waals surface area contributed by atoms with E-state index in [1.54, 1.807) is 0 Å². The number of ether oxygens (including phenoxy) is 1. The van der Waals surface area contributed by atoms with E-state index in [0.717, 1.165) is 11.1 Å². The molecule has 0 aliphatic carbocycles. The van der Waals surface area contributed by atoms with E-state index in [1.165, 1.54) is 0 Å². The lowest BCUT2D eigenvalue weighted by molar-refractivity contribution is -0.115. The largest absolute Gasteiger partial charge is 0.364 e. The Labute approximate surface area is 65.4 Å². The highest BCUT2D eigenvalue weighted by molar-refractivity contribution is 5.32. The molecule has 58 valence electrons. The first-order valence-corrected chi connectivity index (χ1v) is 3.71. The molecule has 0 unspecified atom stereocenters. The molecule has 0 saturated heterocycles. The molecule has 0 aromatic heterocycles. The van der Waals surface area contributed by atoms with Crippen molar-refractivity contribution < 1.29 is 9.84 Å². The zero-order valence-electron chi connectivity index (χ0n) is 6.32. The van der Waals surface area contributed by atoms with E-state index in [2.05, 4.69) is 0 Å². The highest BCUT2D eigenvalue weighted by atomic mass is 16.6. The van der Waals surface area contributed by atoms with Crippen molar-refractivity contribution in [2.75, 3.05) is 0 Å². The molecule has 2 heteroatoms. The van der Waals surface area contributed by atoms with Gasteiger partial charge < -0.3 is 9.84 Å². The molecule has 2 rings (SSSR count). The first-order chi connectivity index (χ1) is 5.29. The fraction of sp³-hybridized carbons (Fsp3) is 0.333. The molecule has 11 heavy (non-hydrogen) atoms. The minimum absolute atomic E-state index is 0.0289. The molecule has 1 heterocycles. The zero-order chi connectivity index (χ0) is 7.84. The zero-order valence-corrected chi connectivity index (χ0v) is 6.32. The van der Waals surface area contributed by atoms with Crippen LogP contribution in [0.3, 0.4) is 0 Å². The average Bonchev–Trinajstić information content (AvgIpc) is 2.30. The van der Waals surface area contributed by atoms with Crippen molar-refractivity contribution >= 4 is 0 Å². The Kier molecular flexibility index (Phi) is 1.44. The molecule has 2 nitrogen and oxygen atoms in total. The number of hydrogen-bond donors (Lipinski definition) is 1. The first kappa shape index (κ1) is 6.83. The third-order valence-electron chi connectivity index (χ3n) is 2.03. The topological polar surface area (TPSA) is 29.5 Å². The van der Waals surface area contributed by atoms with Crippen LogP contribution in [0.5, 0.6) is 0 Å². The SMILES string of the molecule is C[C@H]1O[C@H](O)c2ccccc21. The van der Waals surface area contributed by atoms with Crippen molar-refractivity contribution in [2.45, 2.75) is 19.3 Å². The fourth-order valence-electron chi connectivity index (χ4n) is 1.45. The van der Waals surface area contributed by atoms with Crippen molar-refractivity contribution in [3.63, 3.8) is 0 Å². The van der Waals surface area contributed by atoms with Gasteiger partial charge in [-0.3, -0.25) is 0 Å². The van der Waals surface area contributed by atoms with Gasteiger partial charge in [0.1, 0.15) is 0 Å². The maximum absolute atomic E-state index is 9.33. The summed E-state index contributed by atoms with van der Waals surface area (Å²) in [5, 5.41) is 9.33. The van der Waals surface area contributed by atoms with Gasteiger partial charge in [0, 0.05) is 5.56 Å². The molecule has 1 aromatic rings. The molecule has 0 amide bonds. The van der Waals surface area contributed by atoms with Crippen LogP contribution in [0.15, 0.2) is 24.3 Å². The van der Waals surface area contributed by atoms with Crippen LogP contribution in [-0.4, -0.2) is 5.11 Å². The Bertz CT molecular complexity index is 243. The molecular weight excluding hydrogens is 140 g/mol. The molecule has 0 radical (unpaired) electrons. The smallest absolute Gasteiger partial charge is 0.182 e. The van der Waals surface area contributed by atoms with E-state index in [1.807, 2.05) is 31.2 Å². The van der Waals surface area contributed by atoms with Crippen LogP contribution in [0.2, 0.25) is 0 Å². The molecule has 0 spiro atoms. The molecule has 0 saturated carbocycles. The van der Waals surface area contributed by atoms with Crippen LogP contribution in [0.4, 0.5) is 0 Å². The highest BCUT2D eigenvalue weighted by Gasteiger charge is 2.25. The van der Waals surface area contributed by atoms with Gasteiger partial charge >= 0.3 is 0 Å². The van der Waals surface area contributed by atoms with Crippen molar-refractivity contribution in [3.8, 4) is 0 Å². The van der Waals surface area contributed by atoms with E-state index in [-0.39, 0.29) is 6.10 Å². The van der Waals surface area contributed by atoms with Crippen molar-refractivity contribution in [1.29, 1.82) is 0 Å². The average molecular weight is 150 g/mol. The third-order valence-corrected chi connectivity index (χ3v) is 2.03. The summed E-state index contributed by atoms with van der Waals surface area (Å²) >= 11 is 0. The number of benzene rings is 1. The lowest BCUT2D eigenvalue weighted by Crippen LogP contribution is -1.92. The summed E-state index contributed by atoms with van der Waals surface area (Å²) in [5.74, 6) is 0. The van der Waals surface area contributed by atoms with Gasteiger partial charge in [-0.1, -0.05) is 24.3 Å². The van der Waals surface area contributed by atoms with Gasteiger partial charge in [-0.05, 0) is 12.5 Å². The van der Waals surface area contributed by atoms with Gasteiger partial charge in [-0.25, -0.2) is 0 Å². The Balaban J connectivity index is 2.52. The second kappa shape index (κ2) is 2.32. The van der Waals surface area contributed by atoms with Crippen LogP contribution < -0.4 is 0 Å². The van der Waals surface area contributed by atoms with E-state index in [0.29, 0.717) is 0 Å². The Hall–Kier alpha value is -0.860. The summed E-state index contributed by atoms with van der Waals surface area (Å²) in [6, 6.07) is 7.74. The predicted octanol–water partition coefficient (Wildman–Crippen LogP) is 1.77. The third kappa shape index (κ3) is 0.951. The second-order valence-electron chi connectivity index (χ2n) is 2.76. The number of rotatable bonds is 0. The van der Waals surface area contributed by atoms with Gasteiger partial charge in [0.25, 0.3) is 0 Å². The molecule has 1 aromatic carbocycles. The van der Waals surface area contributed by atoms with Crippen LogP contribution >= 0.6 is 0 Å². The summed E-state index contributed by atoms with van der Waals surface area (Å²) in [5.41, 5.74) is 2.00. The quantitative estimate of drug-likeness (QED) is 0.610. The molecular formula is C9H10O2. The molecule has 1 aliphatic rings. The van der Waals surface area contributed by atoms with Gasteiger partial charge in [-0.15, -0.1) is 0 Å². The van der Waals surface area contributed by atoms with E-state index >= 15 is 0 Å². The lowest BCUT2D eigenvalue weighted by atomic mass is 10.1. The van der Waals surface area contributed by atoms with Crippen LogP contribution in [0.25, 0.3) is 0 Å². The minimum atomic E-state index is -0.721. The molecule has 2 atom stereocenters. The molecule has 0 fully saturated rings. The Morgan fingerprint density at radius 1 is 1.27 bits per heavy atom. The maximum Gasteiger partial charge on any atom is 0.182 e. The lowest BCUT2D eigenvalue weighted by Gasteiger charge is -2.02.